The van der Waals surface area contributed by atoms with E-state index in [-0.39, 0.29) is 5.91 Å². The van der Waals surface area contributed by atoms with Crippen molar-refractivity contribution in [1.82, 2.24) is 14.7 Å². The molecule has 1 aliphatic rings. The fraction of sp³-hybridized carbons (Fsp3) is 0.200. The summed E-state index contributed by atoms with van der Waals surface area (Å²) in [4.78, 5) is 14.6. The monoisotopic (exact) mass is 333 g/mol. The highest BCUT2D eigenvalue weighted by Crippen LogP contribution is 2.18. The van der Waals surface area contributed by atoms with E-state index in [1.54, 1.807) is 4.68 Å². The van der Waals surface area contributed by atoms with Gasteiger partial charge in [0, 0.05) is 13.1 Å². The van der Waals surface area contributed by atoms with Crippen molar-refractivity contribution in [3.63, 3.8) is 0 Å². The number of rotatable bonds is 5. The quantitative estimate of drug-likeness (QED) is 0.721. The fourth-order valence-corrected chi connectivity index (χ4v) is 2.99. The maximum Gasteiger partial charge on any atom is 0.272 e. The molecule has 1 aromatic heterocycles. The van der Waals surface area contributed by atoms with E-state index in [9.17, 15) is 4.79 Å². The lowest BCUT2D eigenvalue weighted by molar-refractivity contribution is 0.0683. The average Bonchev–Trinajstić information content (AvgIpc) is 3.08. The first-order valence-electron chi connectivity index (χ1n) is 8.37. The van der Waals surface area contributed by atoms with Crippen LogP contribution < -0.4 is 4.74 Å². The molecule has 0 saturated carbocycles. The van der Waals surface area contributed by atoms with E-state index in [0.29, 0.717) is 31.9 Å². The first-order valence-corrected chi connectivity index (χ1v) is 8.37. The van der Waals surface area contributed by atoms with E-state index in [2.05, 4.69) is 5.10 Å². The zero-order valence-corrected chi connectivity index (χ0v) is 13.8. The van der Waals surface area contributed by atoms with Gasteiger partial charge < -0.3 is 9.64 Å². The Bertz CT molecular complexity index is 859. The third-order valence-electron chi connectivity index (χ3n) is 4.26. The summed E-state index contributed by atoms with van der Waals surface area (Å²) in [5.74, 6) is 0.819. The van der Waals surface area contributed by atoms with Gasteiger partial charge in [-0.05, 0) is 23.8 Å². The van der Waals surface area contributed by atoms with Crippen LogP contribution in [0.5, 0.6) is 5.75 Å². The molecule has 0 atom stereocenters. The summed E-state index contributed by atoms with van der Waals surface area (Å²) in [5.41, 5.74) is 2.54. The molecule has 1 aliphatic heterocycles. The minimum atomic E-state index is 0.0218. The van der Waals surface area contributed by atoms with E-state index >= 15 is 0 Å². The Balaban J connectivity index is 1.45. The summed E-state index contributed by atoms with van der Waals surface area (Å²) in [6, 6.07) is 21.5. The summed E-state index contributed by atoms with van der Waals surface area (Å²) in [5, 5.41) is 4.50. The molecule has 2 aromatic carbocycles. The van der Waals surface area contributed by atoms with E-state index < -0.39 is 0 Å². The number of amides is 1. The first-order chi connectivity index (χ1) is 12.3. The highest BCUT2D eigenvalue weighted by atomic mass is 16.5. The number of aromatic nitrogens is 2. The first kappa shape index (κ1) is 15.4. The van der Waals surface area contributed by atoms with Gasteiger partial charge in [0.2, 0.25) is 0 Å². The normalized spacial score (nSPS) is 13.6. The smallest absolute Gasteiger partial charge is 0.272 e. The molecule has 0 N–H and O–H groups in total. The van der Waals surface area contributed by atoms with Crippen molar-refractivity contribution in [3.8, 4) is 5.75 Å². The van der Waals surface area contributed by atoms with Crippen LogP contribution in [0.2, 0.25) is 0 Å². The number of para-hydroxylation sites is 1. The molecule has 5 nitrogen and oxygen atoms in total. The van der Waals surface area contributed by atoms with Gasteiger partial charge in [-0.2, -0.15) is 5.10 Å². The summed E-state index contributed by atoms with van der Waals surface area (Å²) < 4.78 is 7.51. The molecule has 25 heavy (non-hydrogen) atoms. The van der Waals surface area contributed by atoms with Crippen LogP contribution in [-0.4, -0.2) is 27.1 Å². The maximum atomic E-state index is 12.7. The van der Waals surface area contributed by atoms with Gasteiger partial charge in [-0.1, -0.05) is 48.5 Å². The predicted octanol–water partition coefficient (Wildman–Crippen LogP) is 3.12. The number of hydrogen-bond donors (Lipinski definition) is 0. The average molecular weight is 333 g/mol. The SMILES string of the molecule is O=C1c2cc(COc3ccccc3)nn2CCN1Cc1ccccc1. The van der Waals surface area contributed by atoms with Gasteiger partial charge in [0.25, 0.3) is 5.91 Å². The van der Waals surface area contributed by atoms with Crippen molar-refractivity contribution in [2.75, 3.05) is 6.54 Å². The van der Waals surface area contributed by atoms with Gasteiger partial charge in [0.05, 0.1) is 6.54 Å². The van der Waals surface area contributed by atoms with Gasteiger partial charge in [0.15, 0.2) is 0 Å². The molecule has 0 spiro atoms. The molecule has 5 heteroatoms. The van der Waals surface area contributed by atoms with Crippen molar-refractivity contribution >= 4 is 5.91 Å². The number of nitrogens with zero attached hydrogens (tertiary/aromatic N) is 3. The largest absolute Gasteiger partial charge is 0.487 e. The van der Waals surface area contributed by atoms with Crippen molar-refractivity contribution in [3.05, 3.63) is 83.7 Å². The minimum Gasteiger partial charge on any atom is -0.487 e. The van der Waals surface area contributed by atoms with E-state index in [4.69, 9.17) is 4.74 Å². The van der Waals surface area contributed by atoms with Crippen LogP contribution in [-0.2, 0) is 19.7 Å². The Morgan fingerprint density at radius 3 is 2.44 bits per heavy atom. The lowest BCUT2D eigenvalue weighted by Gasteiger charge is -2.27. The minimum absolute atomic E-state index is 0.0218. The third-order valence-corrected chi connectivity index (χ3v) is 4.26. The van der Waals surface area contributed by atoms with E-state index in [1.165, 1.54) is 0 Å². The predicted molar refractivity (Wildman–Crippen MR) is 94.2 cm³/mol. The molecule has 0 aliphatic carbocycles. The van der Waals surface area contributed by atoms with Gasteiger partial charge in [-0.3, -0.25) is 9.48 Å². The topological polar surface area (TPSA) is 47.4 Å². The second kappa shape index (κ2) is 6.81. The molecule has 3 aromatic rings. The van der Waals surface area contributed by atoms with Crippen molar-refractivity contribution in [2.45, 2.75) is 19.7 Å². The number of benzene rings is 2. The van der Waals surface area contributed by atoms with Gasteiger partial charge in [-0.15, -0.1) is 0 Å². The van der Waals surface area contributed by atoms with Crippen LogP contribution >= 0.6 is 0 Å². The van der Waals surface area contributed by atoms with Crippen molar-refractivity contribution < 1.29 is 9.53 Å². The molecule has 0 fully saturated rings. The second-order valence-electron chi connectivity index (χ2n) is 6.06. The fourth-order valence-electron chi connectivity index (χ4n) is 2.99. The maximum absolute atomic E-state index is 12.7. The number of carbonyl (C=O) groups is 1. The number of fused-ring (bicyclic) bond motifs is 1. The number of carbonyl (C=O) groups excluding carboxylic acids is 1. The van der Waals surface area contributed by atoms with Crippen LogP contribution in [0.3, 0.4) is 0 Å². The van der Waals surface area contributed by atoms with Crippen molar-refractivity contribution in [1.29, 1.82) is 0 Å². The zero-order chi connectivity index (χ0) is 17.1. The zero-order valence-electron chi connectivity index (χ0n) is 13.8. The van der Waals surface area contributed by atoms with Crippen LogP contribution in [0.1, 0.15) is 21.7 Å². The summed E-state index contributed by atoms with van der Waals surface area (Å²) in [7, 11) is 0. The molecule has 0 unspecified atom stereocenters. The molecular formula is C20H19N3O2. The molecule has 1 amide bonds. The van der Waals surface area contributed by atoms with Gasteiger partial charge in [-0.25, -0.2) is 0 Å². The van der Waals surface area contributed by atoms with Gasteiger partial charge in [0.1, 0.15) is 23.7 Å². The molecule has 2 heterocycles. The molecule has 4 rings (SSSR count). The second-order valence-corrected chi connectivity index (χ2v) is 6.06. The van der Waals surface area contributed by atoms with Crippen LogP contribution in [0.15, 0.2) is 66.7 Å². The number of ether oxygens (including phenoxy) is 1. The van der Waals surface area contributed by atoms with E-state index in [0.717, 1.165) is 17.0 Å². The Kier molecular flexibility index (Phi) is 4.21. The molecule has 0 radical (unpaired) electrons. The van der Waals surface area contributed by atoms with E-state index in [1.807, 2.05) is 71.6 Å². The summed E-state index contributed by atoms with van der Waals surface area (Å²) in [6.45, 7) is 2.36. The van der Waals surface area contributed by atoms with Crippen molar-refractivity contribution in [2.24, 2.45) is 0 Å². The Morgan fingerprint density at radius 1 is 0.960 bits per heavy atom. The molecule has 0 saturated heterocycles. The highest BCUT2D eigenvalue weighted by molar-refractivity contribution is 5.93. The highest BCUT2D eigenvalue weighted by Gasteiger charge is 2.26. The Labute approximate surface area is 146 Å². The molecule has 126 valence electrons. The number of hydrogen-bond acceptors (Lipinski definition) is 3. The van der Waals surface area contributed by atoms with Crippen LogP contribution in [0.25, 0.3) is 0 Å². The lowest BCUT2D eigenvalue weighted by Crippen LogP contribution is -2.39. The Hall–Kier alpha value is -3.08. The summed E-state index contributed by atoms with van der Waals surface area (Å²) in [6.07, 6.45) is 0. The van der Waals surface area contributed by atoms with Gasteiger partial charge >= 0.3 is 0 Å². The third kappa shape index (κ3) is 3.40. The standard InChI is InChI=1S/C20H19N3O2/c24-20-19-13-17(15-25-18-9-5-2-6-10-18)21-23(19)12-11-22(20)14-16-7-3-1-4-8-16/h1-10,13H,11-12,14-15H2. The summed E-state index contributed by atoms with van der Waals surface area (Å²) >= 11 is 0. The lowest BCUT2D eigenvalue weighted by atomic mass is 10.2. The van der Waals surface area contributed by atoms with Crippen LogP contribution in [0.4, 0.5) is 0 Å². The molecular weight excluding hydrogens is 314 g/mol. The van der Waals surface area contributed by atoms with Crippen LogP contribution in [0, 0.1) is 0 Å². The Morgan fingerprint density at radius 2 is 1.68 bits per heavy atom. The molecule has 0 bridgehead atoms.